The SMILES string of the molecule is COCCC(C)NC(=O)c1ccc(C=CC(=O)O)cc1. The standard InChI is InChI=1S/C15H19NO4/c1-11(9-10-20-2)16-15(19)13-6-3-12(4-7-13)5-8-14(17)18/h3-8,11H,9-10H2,1-2H3,(H,16,19)(H,17,18). The molecular formula is C15H19NO4. The Kier molecular flexibility index (Phi) is 6.46. The fourth-order valence-corrected chi connectivity index (χ4v) is 1.59. The second kappa shape index (κ2) is 8.12. The predicted octanol–water partition coefficient (Wildman–Crippen LogP) is 1.94. The van der Waals surface area contributed by atoms with Crippen LogP contribution in [0.15, 0.2) is 30.3 Å². The number of carboxylic acid groups (broad SMARTS) is 1. The molecule has 1 atom stereocenters. The average molecular weight is 277 g/mol. The highest BCUT2D eigenvalue weighted by Crippen LogP contribution is 2.07. The number of methoxy groups -OCH3 is 1. The third kappa shape index (κ3) is 5.67. The summed E-state index contributed by atoms with van der Waals surface area (Å²) in [5.41, 5.74) is 1.28. The zero-order valence-corrected chi connectivity index (χ0v) is 11.6. The second-order valence-electron chi connectivity index (χ2n) is 4.45. The predicted molar refractivity (Wildman–Crippen MR) is 76.5 cm³/mol. The van der Waals surface area contributed by atoms with Crippen LogP contribution in [0.2, 0.25) is 0 Å². The van der Waals surface area contributed by atoms with Gasteiger partial charge in [0.25, 0.3) is 5.91 Å². The van der Waals surface area contributed by atoms with E-state index in [9.17, 15) is 9.59 Å². The Morgan fingerprint density at radius 3 is 2.55 bits per heavy atom. The molecule has 0 aliphatic rings. The number of carboxylic acids is 1. The first kappa shape index (κ1) is 15.9. The van der Waals surface area contributed by atoms with Crippen molar-refractivity contribution in [3.63, 3.8) is 0 Å². The number of nitrogens with one attached hydrogen (secondary N) is 1. The van der Waals surface area contributed by atoms with E-state index >= 15 is 0 Å². The van der Waals surface area contributed by atoms with Crippen LogP contribution in [-0.2, 0) is 9.53 Å². The van der Waals surface area contributed by atoms with Gasteiger partial charge in [0.05, 0.1) is 0 Å². The zero-order valence-electron chi connectivity index (χ0n) is 11.6. The summed E-state index contributed by atoms with van der Waals surface area (Å²) in [6.45, 7) is 2.52. The molecule has 0 spiro atoms. The normalized spacial score (nSPS) is 12.3. The lowest BCUT2D eigenvalue weighted by atomic mass is 10.1. The van der Waals surface area contributed by atoms with Crippen molar-refractivity contribution in [2.45, 2.75) is 19.4 Å². The number of aliphatic carboxylic acids is 1. The van der Waals surface area contributed by atoms with Crippen LogP contribution < -0.4 is 5.32 Å². The number of hydrogen-bond donors (Lipinski definition) is 2. The summed E-state index contributed by atoms with van der Waals surface area (Å²) >= 11 is 0. The van der Waals surface area contributed by atoms with Crippen molar-refractivity contribution in [2.24, 2.45) is 0 Å². The van der Waals surface area contributed by atoms with E-state index in [1.165, 1.54) is 6.08 Å². The molecule has 2 N–H and O–H groups in total. The maximum Gasteiger partial charge on any atom is 0.328 e. The Morgan fingerprint density at radius 2 is 2.00 bits per heavy atom. The van der Waals surface area contributed by atoms with Crippen LogP contribution in [0.3, 0.4) is 0 Å². The molecule has 1 amide bonds. The molecule has 0 fully saturated rings. The minimum absolute atomic E-state index is 0.0361. The second-order valence-corrected chi connectivity index (χ2v) is 4.45. The van der Waals surface area contributed by atoms with Gasteiger partial charge in [-0.1, -0.05) is 12.1 Å². The minimum atomic E-state index is -1.00. The van der Waals surface area contributed by atoms with Gasteiger partial charge in [-0.2, -0.15) is 0 Å². The van der Waals surface area contributed by atoms with E-state index in [2.05, 4.69) is 5.32 Å². The maximum absolute atomic E-state index is 11.9. The molecule has 0 saturated heterocycles. The summed E-state index contributed by atoms with van der Waals surface area (Å²) < 4.78 is 4.95. The van der Waals surface area contributed by atoms with E-state index in [1.807, 2.05) is 6.92 Å². The first-order valence-corrected chi connectivity index (χ1v) is 6.34. The summed E-state index contributed by atoms with van der Waals surface area (Å²) in [6.07, 6.45) is 3.29. The average Bonchev–Trinajstić information content (AvgIpc) is 2.43. The van der Waals surface area contributed by atoms with Crippen LogP contribution in [0.25, 0.3) is 6.08 Å². The summed E-state index contributed by atoms with van der Waals surface area (Å²) in [7, 11) is 1.62. The summed E-state index contributed by atoms with van der Waals surface area (Å²) in [5.74, 6) is -1.15. The number of benzene rings is 1. The van der Waals surface area contributed by atoms with Crippen molar-refractivity contribution < 1.29 is 19.4 Å². The van der Waals surface area contributed by atoms with E-state index in [-0.39, 0.29) is 11.9 Å². The third-order valence-corrected chi connectivity index (χ3v) is 2.72. The third-order valence-electron chi connectivity index (χ3n) is 2.72. The highest BCUT2D eigenvalue weighted by Gasteiger charge is 2.09. The molecule has 1 aromatic rings. The largest absolute Gasteiger partial charge is 0.478 e. The Bertz CT molecular complexity index is 479. The van der Waals surface area contributed by atoms with E-state index in [1.54, 1.807) is 31.4 Å². The number of ether oxygens (including phenoxy) is 1. The topological polar surface area (TPSA) is 75.6 Å². The highest BCUT2D eigenvalue weighted by atomic mass is 16.5. The number of rotatable bonds is 7. The lowest BCUT2D eigenvalue weighted by Crippen LogP contribution is -2.33. The number of amides is 1. The first-order valence-electron chi connectivity index (χ1n) is 6.34. The van der Waals surface area contributed by atoms with Gasteiger partial charge in [-0.3, -0.25) is 4.79 Å². The lowest BCUT2D eigenvalue weighted by Gasteiger charge is -2.13. The summed E-state index contributed by atoms with van der Waals surface area (Å²) in [5, 5.41) is 11.4. The van der Waals surface area contributed by atoms with Gasteiger partial charge in [0.2, 0.25) is 0 Å². The van der Waals surface area contributed by atoms with Crippen LogP contribution in [-0.4, -0.2) is 36.7 Å². The zero-order chi connectivity index (χ0) is 15.0. The molecule has 0 heterocycles. The Morgan fingerprint density at radius 1 is 1.35 bits per heavy atom. The molecule has 0 aliphatic carbocycles. The van der Waals surface area contributed by atoms with E-state index in [0.717, 1.165) is 18.1 Å². The quantitative estimate of drug-likeness (QED) is 0.747. The van der Waals surface area contributed by atoms with Crippen molar-refractivity contribution in [2.75, 3.05) is 13.7 Å². The molecule has 1 aromatic carbocycles. The molecule has 5 nitrogen and oxygen atoms in total. The van der Waals surface area contributed by atoms with E-state index in [0.29, 0.717) is 12.2 Å². The molecule has 0 saturated carbocycles. The van der Waals surface area contributed by atoms with Crippen LogP contribution in [0.4, 0.5) is 0 Å². The van der Waals surface area contributed by atoms with Crippen molar-refractivity contribution in [3.8, 4) is 0 Å². The molecular weight excluding hydrogens is 258 g/mol. The molecule has 5 heteroatoms. The number of carbonyl (C=O) groups excluding carboxylic acids is 1. The van der Waals surface area contributed by atoms with Gasteiger partial charge in [0.1, 0.15) is 0 Å². The summed E-state index contributed by atoms with van der Waals surface area (Å²) in [4.78, 5) is 22.3. The fourth-order valence-electron chi connectivity index (χ4n) is 1.59. The van der Waals surface area contributed by atoms with Crippen LogP contribution in [0, 0.1) is 0 Å². The fraction of sp³-hybridized carbons (Fsp3) is 0.333. The minimum Gasteiger partial charge on any atom is -0.478 e. The summed E-state index contributed by atoms with van der Waals surface area (Å²) in [6, 6.07) is 6.77. The monoisotopic (exact) mass is 277 g/mol. The Balaban J connectivity index is 2.59. The molecule has 20 heavy (non-hydrogen) atoms. The number of hydrogen-bond acceptors (Lipinski definition) is 3. The molecule has 0 radical (unpaired) electrons. The molecule has 1 unspecified atom stereocenters. The molecule has 108 valence electrons. The van der Waals surface area contributed by atoms with E-state index in [4.69, 9.17) is 9.84 Å². The first-order chi connectivity index (χ1) is 9.52. The molecule has 0 bridgehead atoms. The Labute approximate surface area is 118 Å². The van der Waals surface area contributed by atoms with Gasteiger partial charge in [-0.05, 0) is 37.1 Å². The lowest BCUT2D eigenvalue weighted by molar-refractivity contribution is -0.131. The number of carbonyl (C=O) groups is 2. The smallest absolute Gasteiger partial charge is 0.328 e. The van der Waals surface area contributed by atoms with Gasteiger partial charge in [0.15, 0.2) is 0 Å². The van der Waals surface area contributed by atoms with Gasteiger partial charge in [0, 0.05) is 31.4 Å². The van der Waals surface area contributed by atoms with Crippen molar-refractivity contribution in [1.82, 2.24) is 5.32 Å². The van der Waals surface area contributed by atoms with Crippen LogP contribution in [0.5, 0.6) is 0 Å². The van der Waals surface area contributed by atoms with Crippen molar-refractivity contribution in [3.05, 3.63) is 41.5 Å². The highest BCUT2D eigenvalue weighted by molar-refractivity contribution is 5.94. The Hall–Kier alpha value is -2.14. The van der Waals surface area contributed by atoms with Crippen LogP contribution in [0.1, 0.15) is 29.3 Å². The van der Waals surface area contributed by atoms with E-state index < -0.39 is 5.97 Å². The van der Waals surface area contributed by atoms with Gasteiger partial charge in [-0.15, -0.1) is 0 Å². The molecule has 1 rings (SSSR count). The molecule has 0 aliphatic heterocycles. The maximum atomic E-state index is 11.9. The molecule has 0 aromatic heterocycles. The van der Waals surface area contributed by atoms with Crippen LogP contribution >= 0.6 is 0 Å². The van der Waals surface area contributed by atoms with Crippen molar-refractivity contribution in [1.29, 1.82) is 0 Å². The van der Waals surface area contributed by atoms with Gasteiger partial charge >= 0.3 is 5.97 Å². The van der Waals surface area contributed by atoms with Gasteiger partial charge in [-0.25, -0.2) is 4.79 Å². The van der Waals surface area contributed by atoms with Gasteiger partial charge < -0.3 is 15.2 Å². The van der Waals surface area contributed by atoms with Crippen molar-refractivity contribution >= 4 is 18.0 Å².